The molecule has 73 heavy (non-hydrogen) atoms. The molecule has 8 aromatic heterocycles. The first-order valence-corrected chi connectivity index (χ1v) is 27.1. The summed E-state index contributed by atoms with van der Waals surface area (Å²) in [5.41, 5.74) is 3.74. The van der Waals surface area contributed by atoms with Gasteiger partial charge in [-0.05, 0) is 67.4 Å². The maximum absolute atomic E-state index is 6.63. The van der Waals surface area contributed by atoms with Crippen molar-refractivity contribution in [2.24, 2.45) is 0 Å². The molecule has 376 valence electrons. The number of nitrogens with zero attached hydrogens (tertiary/aromatic N) is 10. The van der Waals surface area contributed by atoms with E-state index in [9.17, 15) is 0 Å². The Morgan fingerprint density at radius 3 is 1.96 bits per heavy atom. The van der Waals surface area contributed by atoms with Gasteiger partial charge in [0.15, 0.2) is 21.8 Å². The van der Waals surface area contributed by atoms with Crippen molar-refractivity contribution in [2.45, 2.75) is 69.7 Å². The Kier molecular flexibility index (Phi) is 10.9. The van der Waals surface area contributed by atoms with Crippen molar-refractivity contribution in [3.63, 3.8) is 0 Å². The molecule has 4 unspecified atom stereocenters. The molecule has 12 heterocycles. The number of morpholine rings is 2. The fourth-order valence-corrected chi connectivity index (χ4v) is 13.4. The molecule has 0 aliphatic carbocycles. The van der Waals surface area contributed by atoms with Gasteiger partial charge in [0.1, 0.15) is 71.0 Å². The highest BCUT2D eigenvalue weighted by molar-refractivity contribution is 7.18. The van der Waals surface area contributed by atoms with E-state index in [2.05, 4.69) is 26.8 Å². The summed E-state index contributed by atoms with van der Waals surface area (Å²) >= 11 is 6.02. The molecular formula is C49H46N10O10S4. The quantitative estimate of drug-likeness (QED) is 0.0888. The highest BCUT2D eigenvalue weighted by Gasteiger charge is 2.48. The Morgan fingerprint density at radius 1 is 0.658 bits per heavy atom. The minimum absolute atomic E-state index is 0.0655. The van der Waals surface area contributed by atoms with Crippen LogP contribution in [0.25, 0.3) is 54.8 Å². The van der Waals surface area contributed by atoms with Crippen LogP contribution >= 0.6 is 45.3 Å². The lowest BCUT2D eigenvalue weighted by atomic mass is 10.0. The third-order valence-corrected chi connectivity index (χ3v) is 17.5. The van der Waals surface area contributed by atoms with E-state index in [0.717, 1.165) is 82.6 Å². The molecule has 0 spiro atoms. The topological polar surface area (TPSA) is 193 Å². The van der Waals surface area contributed by atoms with Gasteiger partial charge in [0.2, 0.25) is 9.92 Å². The highest BCUT2D eigenvalue weighted by atomic mass is 32.1. The number of methoxy groups -OCH3 is 3. The largest absolute Gasteiger partial charge is 0.496 e. The Hall–Kier alpha value is -6.70. The predicted molar refractivity (Wildman–Crippen MR) is 274 cm³/mol. The number of benzene rings is 2. The Balaban J connectivity index is 0.626. The number of aromatic nitrogens is 8. The standard InChI is InChI=1S/C49H46N10O10S4/c1-25-36(53-44(71-25)56-15-27-5-6-28(16-56)66-27)21-64-38-10-31(61-3)12-40-33(38)14-42(68-40)35-19-59-46(52-35)73-48(55-59)65-24-49-8-7-29(69-49)17-57(23-49)43-50-26(22-70-43)20-63-37-9-30(60-2)11-39-32(37)13-41(67-39)34-18-58-45(51-34)72-47(54-58)62-4/h9-14,18-19,22,27-29H,5-8,15-17,20-21,23-24H2,1-4H3. The van der Waals surface area contributed by atoms with Crippen molar-refractivity contribution in [3.8, 4) is 56.3 Å². The van der Waals surface area contributed by atoms with Crippen LogP contribution in [0.5, 0.6) is 33.4 Å². The third kappa shape index (κ3) is 8.32. The number of hydrogen-bond acceptors (Lipinski definition) is 22. The summed E-state index contributed by atoms with van der Waals surface area (Å²) in [5, 5.41) is 15.8. The molecule has 4 fully saturated rings. The molecule has 4 aliphatic rings. The number of hydrogen-bond donors (Lipinski definition) is 0. The summed E-state index contributed by atoms with van der Waals surface area (Å²) in [6, 6.07) is 11.3. The van der Waals surface area contributed by atoms with Crippen molar-refractivity contribution < 1.29 is 46.7 Å². The van der Waals surface area contributed by atoms with Crippen molar-refractivity contribution in [1.82, 2.24) is 39.2 Å². The molecule has 4 saturated heterocycles. The SMILES string of the molecule is COc1cc(OCc2csc(N3CC4CCC(COc5nn6cc(-c7cc8c(OCc9nc(N%10CC%11CCC(C%10)O%11)sc9C)cc(OC)cc8o7)nc6s5)(C3)O4)n2)c2cc(-c3cn4nc(OC)sc4n3)oc2c1. The lowest BCUT2D eigenvalue weighted by Gasteiger charge is -2.39. The Bertz CT molecular complexity index is 3630. The smallest absolute Gasteiger partial charge is 0.294 e. The van der Waals surface area contributed by atoms with Gasteiger partial charge in [-0.3, -0.25) is 0 Å². The molecule has 0 N–H and O–H groups in total. The second-order valence-electron chi connectivity index (χ2n) is 18.6. The maximum atomic E-state index is 6.63. The number of ether oxygens (including phenoxy) is 8. The Morgan fingerprint density at radius 2 is 1.30 bits per heavy atom. The average molecular weight is 1060 g/mol. The minimum Gasteiger partial charge on any atom is -0.496 e. The van der Waals surface area contributed by atoms with Gasteiger partial charge in [-0.15, -0.1) is 32.9 Å². The van der Waals surface area contributed by atoms with E-state index in [0.29, 0.717) is 109 Å². The normalized spacial score (nSPS) is 20.6. The number of fused-ring (bicyclic) bond motifs is 8. The third-order valence-electron chi connectivity index (χ3n) is 13.8. The van der Waals surface area contributed by atoms with E-state index in [1.54, 1.807) is 53.0 Å². The van der Waals surface area contributed by atoms with Gasteiger partial charge in [-0.2, -0.15) is 0 Å². The monoisotopic (exact) mass is 1060 g/mol. The molecule has 0 amide bonds. The van der Waals surface area contributed by atoms with Gasteiger partial charge in [0.25, 0.3) is 10.4 Å². The predicted octanol–water partition coefficient (Wildman–Crippen LogP) is 9.31. The number of rotatable bonds is 16. The number of anilines is 2. The fourth-order valence-electron chi connectivity index (χ4n) is 10.2. The van der Waals surface area contributed by atoms with Crippen molar-refractivity contribution in [2.75, 3.05) is 63.9 Å². The van der Waals surface area contributed by atoms with Gasteiger partial charge in [-0.1, -0.05) is 0 Å². The summed E-state index contributed by atoms with van der Waals surface area (Å²) in [7, 11) is 4.83. The summed E-state index contributed by atoms with van der Waals surface area (Å²) in [5.74, 6) is 3.67. The van der Waals surface area contributed by atoms with Crippen LogP contribution in [0.2, 0.25) is 0 Å². The van der Waals surface area contributed by atoms with Gasteiger partial charge >= 0.3 is 0 Å². The van der Waals surface area contributed by atoms with Gasteiger partial charge in [0, 0.05) is 54.2 Å². The lowest BCUT2D eigenvalue weighted by molar-refractivity contribution is -0.0768. The number of thiazole rings is 2. The molecule has 4 aliphatic heterocycles. The van der Waals surface area contributed by atoms with Crippen LogP contribution < -0.4 is 38.2 Å². The molecule has 20 nitrogen and oxygen atoms in total. The van der Waals surface area contributed by atoms with E-state index in [4.69, 9.17) is 66.8 Å². The molecule has 24 heteroatoms. The molecule has 2 aromatic carbocycles. The maximum Gasteiger partial charge on any atom is 0.294 e. The molecule has 10 aromatic rings. The van der Waals surface area contributed by atoms with E-state index in [-0.39, 0.29) is 12.7 Å². The van der Waals surface area contributed by atoms with E-state index in [1.807, 2.05) is 54.2 Å². The van der Waals surface area contributed by atoms with Crippen LogP contribution in [0.1, 0.15) is 41.9 Å². The van der Waals surface area contributed by atoms with Gasteiger partial charge < -0.3 is 56.5 Å². The molecule has 4 bridgehead atoms. The second kappa shape index (κ2) is 17.8. The van der Waals surface area contributed by atoms with Crippen molar-refractivity contribution >= 4 is 87.5 Å². The first kappa shape index (κ1) is 45.0. The molecule has 0 radical (unpaired) electrons. The molecule has 0 saturated carbocycles. The van der Waals surface area contributed by atoms with E-state index >= 15 is 0 Å². The van der Waals surface area contributed by atoms with Crippen molar-refractivity contribution in [3.05, 3.63) is 70.4 Å². The van der Waals surface area contributed by atoms with E-state index in [1.165, 1.54) is 22.7 Å². The average Bonchev–Trinajstić information content (AvgIpc) is 4.24. The Labute approximate surface area is 431 Å². The lowest BCUT2D eigenvalue weighted by Crippen LogP contribution is -2.53. The molecular weight excluding hydrogens is 1020 g/mol. The van der Waals surface area contributed by atoms with Crippen LogP contribution in [0.3, 0.4) is 0 Å². The summed E-state index contributed by atoms with van der Waals surface area (Å²) in [6.45, 7) is 6.16. The van der Waals surface area contributed by atoms with Gasteiger partial charge in [-0.25, -0.2) is 29.0 Å². The number of furan rings is 2. The minimum atomic E-state index is -0.514. The van der Waals surface area contributed by atoms with Crippen LogP contribution in [0.4, 0.5) is 10.3 Å². The highest BCUT2D eigenvalue weighted by Crippen LogP contribution is 2.43. The summed E-state index contributed by atoms with van der Waals surface area (Å²) < 4.78 is 64.5. The van der Waals surface area contributed by atoms with Crippen LogP contribution in [0.15, 0.2) is 63.0 Å². The first-order valence-electron chi connectivity index (χ1n) is 23.8. The van der Waals surface area contributed by atoms with Crippen LogP contribution in [-0.4, -0.2) is 117 Å². The zero-order valence-corrected chi connectivity index (χ0v) is 43.2. The number of aryl methyl sites for hydroxylation is 1. The summed E-state index contributed by atoms with van der Waals surface area (Å²) in [6.07, 6.45) is 8.35. The van der Waals surface area contributed by atoms with Crippen LogP contribution in [-0.2, 0) is 22.7 Å². The molecule has 4 atom stereocenters. The first-order chi connectivity index (χ1) is 35.7. The second-order valence-corrected chi connectivity index (χ2v) is 22.5. The molecule has 14 rings (SSSR count). The zero-order valence-electron chi connectivity index (χ0n) is 39.9. The zero-order chi connectivity index (χ0) is 49.0. The number of imidazole rings is 2. The van der Waals surface area contributed by atoms with Gasteiger partial charge in [0.05, 0.1) is 80.7 Å². The van der Waals surface area contributed by atoms with E-state index < -0.39 is 5.60 Å². The van der Waals surface area contributed by atoms with Crippen molar-refractivity contribution in [1.29, 1.82) is 0 Å². The summed E-state index contributed by atoms with van der Waals surface area (Å²) in [4.78, 5) is 26.8. The van der Waals surface area contributed by atoms with Crippen LogP contribution in [0, 0.1) is 6.92 Å². The fraction of sp³-hybridized carbons (Fsp3) is 0.388.